The van der Waals surface area contributed by atoms with E-state index in [1.807, 2.05) is 71.1 Å². The van der Waals surface area contributed by atoms with Crippen molar-refractivity contribution in [3.63, 3.8) is 0 Å². The first-order valence-electron chi connectivity index (χ1n) is 11.5. The minimum Gasteiger partial charge on any atom is -0.437 e. The van der Waals surface area contributed by atoms with E-state index in [2.05, 4.69) is 15.0 Å². The van der Waals surface area contributed by atoms with Crippen molar-refractivity contribution in [1.29, 1.82) is 0 Å². The number of carbonyl (C=O) groups is 1. The van der Waals surface area contributed by atoms with Gasteiger partial charge in [0, 0.05) is 55.9 Å². The Balaban J connectivity index is 1.32. The molecule has 3 heterocycles. The summed E-state index contributed by atoms with van der Waals surface area (Å²) >= 11 is 0. The van der Waals surface area contributed by atoms with Crippen LogP contribution in [0.4, 0.5) is 0 Å². The van der Waals surface area contributed by atoms with E-state index in [-0.39, 0.29) is 11.8 Å². The first-order chi connectivity index (χ1) is 16.7. The number of piperidine rings is 1. The van der Waals surface area contributed by atoms with Crippen LogP contribution in [0.15, 0.2) is 79.6 Å². The molecule has 172 valence electrons. The number of carbonyl (C=O) groups excluding carboxylic acids is 1. The van der Waals surface area contributed by atoms with Crippen molar-refractivity contribution in [2.45, 2.75) is 32.2 Å². The highest BCUT2D eigenvalue weighted by Crippen LogP contribution is 2.33. The Hall–Kier alpha value is -4.00. The number of ether oxygens (including phenoxy) is 1. The molecule has 1 fully saturated rings. The summed E-state index contributed by atoms with van der Waals surface area (Å²) in [6.45, 7) is 4.03. The number of likely N-dealkylation sites (tertiary alicyclic amines) is 1. The van der Waals surface area contributed by atoms with E-state index in [0.29, 0.717) is 24.5 Å². The van der Waals surface area contributed by atoms with E-state index in [9.17, 15) is 4.79 Å². The van der Waals surface area contributed by atoms with E-state index < -0.39 is 0 Å². The summed E-state index contributed by atoms with van der Waals surface area (Å²) < 4.78 is 8.10. The average Bonchev–Trinajstić information content (AvgIpc) is 3.37. The lowest BCUT2D eigenvalue weighted by atomic mass is 9.94. The molecule has 0 N–H and O–H groups in total. The van der Waals surface area contributed by atoms with Crippen molar-refractivity contribution in [1.82, 2.24) is 24.4 Å². The van der Waals surface area contributed by atoms with Gasteiger partial charge in [-0.25, -0.2) is 9.97 Å². The fourth-order valence-corrected chi connectivity index (χ4v) is 4.45. The van der Waals surface area contributed by atoms with Crippen molar-refractivity contribution < 1.29 is 9.53 Å². The van der Waals surface area contributed by atoms with Gasteiger partial charge >= 0.3 is 0 Å². The first kappa shape index (κ1) is 21.8. The van der Waals surface area contributed by atoms with Gasteiger partial charge in [-0.1, -0.05) is 24.3 Å². The maximum absolute atomic E-state index is 13.4. The van der Waals surface area contributed by atoms with Gasteiger partial charge in [0.2, 0.25) is 5.88 Å². The third-order valence-electron chi connectivity index (χ3n) is 6.09. The lowest BCUT2D eigenvalue weighted by Gasteiger charge is -2.33. The second-order valence-electron chi connectivity index (χ2n) is 8.69. The predicted molar refractivity (Wildman–Crippen MR) is 129 cm³/mol. The molecular weight excluding hydrogens is 426 g/mol. The highest BCUT2D eigenvalue weighted by atomic mass is 16.5. The molecule has 34 heavy (non-hydrogen) atoms. The third kappa shape index (κ3) is 4.98. The standard InChI is InChI=1S/C27H27N5O2/c1-20-5-2-9-24(15-20)34-26-25(29-10-11-30-26)23-8-4-13-32(18-23)27(33)22-7-3-6-21(16-22)17-31-14-12-28-19-31/h2-3,5-7,9-12,14-16,19,23H,4,8,13,17-18H2,1H3/t23-/m0/s1. The number of aromatic nitrogens is 4. The van der Waals surface area contributed by atoms with Crippen molar-refractivity contribution in [3.8, 4) is 11.6 Å². The molecule has 1 atom stereocenters. The zero-order chi connectivity index (χ0) is 23.3. The van der Waals surface area contributed by atoms with E-state index >= 15 is 0 Å². The molecule has 2 aromatic carbocycles. The van der Waals surface area contributed by atoms with Crippen LogP contribution in [0.5, 0.6) is 11.6 Å². The Bertz CT molecular complexity index is 1270. The molecule has 0 unspecified atom stereocenters. The van der Waals surface area contributed by atoms with E-state index in [0.717, 1.165) is 42.0 Å². The molecule has 1 saturated heterocycles. The van der Waals surface area contributed by atoms with Crippen molar-refractivity contribution in [3.05, 3.63) is 102 Å². The Morgan fingerprint density at radius 2 is 1.97 bits per heavy atom. The summed E-state index contributed by atoms with van der Waals surface area (Å²) in [6, 6.07) is 15.7. The molecule has 0 bridgehead atoms. The second-order valence-corrected chi connectivity index (χ2v) is 8.69. The van der Waals surface area contributed by atoms with Crippen LogP contribution in [0.1, 0.15) is 45.9 Å². The summed E-state index contributed by atoms with van der Waals surface area (Å²) in [4.78, 5) is 28.5. The summed E-state index contributed by atoms with van der Waals surface area (Å²) in [5.74, 6) is 1.36. The van der Waals surface area contributed by atoms with Gasteiger partial charge in [-0.15, -0.1) is 0 Å². The Morgan fingerprint density at radius 3 is 2.82 bits per heavy atom. The van der Waals surface area contributed by atoms with Gasteiger partial charge in [0.05, 0.1) is 6.33 Å². The van der Waals surface area contributed by atoms with Crippen molar-refractivity contribution in [2.75, 3.05) is 13.1 Å². The van der Waals surface area contributed by atoms with Crippen LogP contribution in [0, 0.1) is 6.92 Å². The maximum atomic E-state index is 13.4. The van der Waals surface area contributed by atoms with Gasteiger partial charge in [0.15, 0.2) is 0 Å². The number of nitrogens with zero attached hydrogens (tertiary/aromatic N) is 5. The summed E-state index contributed by atoms with van der Waals surface area (Å²) in [7, 11) is 0. The van der Waals surface area contributed by atoms with Crippen LogP contribution in [-0.4, -0.2) is 43.4 Å². The minimum atomic E-state index is 0.0437. The Morgan fingerprint density at radius 1 is 1.09 bits per heavy atom. The molecule has 0 saturated carbocycles. The van der Waals surface area contributed by atoms with Crippen LogP contribution in [0.25, 0.3) is 0 Å². The monoisotopic (exact) mass is 453 g/mol. The molecule has 5 rings (SSSR count). The number of aryl methyl sites for hydroxylation is 1. The molecule has 2 aromatic heterocycles. The van der Waals surface area contributed by atoms with Crippen molar-refractivity contribution in [2.24, 2.45) is 0 Å². The number of hydrogen-bond acceptors (Lipinski definition) is 5. The highest BCUT2D eigenvalue weighted by molar-refractivity contribution is 5.94. The number of hydrogen-bond donors (Lipinski definition) is 0. The maximum Gasteiger partial charge on any atom is 0.253 e. The number of imidazole rings is 1. The second kappa shape index (κ2) is 9.87. The van der Waals surface area contributed by atoms with E-state index in [1.165, 1.54) is 0 Å². The Labute approximate surface area is 199 Å². The lowest BCUT2D eigenvalue weighted by molar-refractivity contribution is 0.0704. The number of amides is 1. The number of rotatable bonds is 6. The van der Waals surface area contributed by atoms with Crippen molar-refractivity contribution >= 4 is 5.91 Å². The van der Waals surface area contributed by atoms with Crippen LogP contribution < -0.4 is 4.74 Å². The van der Waals surface area contributed by atoms with Crippen LogP contribution in [0.3, 0.4) is 0 Å². The smallest absolute Gasteiger partial charge is 0.253 e. The summed E-state index contributed by atoms with van der Waals surface area (Å²) in [6.07, 6.45) is 10.6. The van der Waals surface area contributed by atoms with Gasteiger partial charge in [-0.05, 0) is 55.2 Å². The molecule has 4 aromatic rings. The molecule has 0 aliphatic carbocycles. The van der Waals surface area contributed by atoms with Gasteiger partial charge in [0.25, 0.3) is 5.91 Å². The van der Waals surface area contributed by atoms with Crippen LogP contribution >= 0.6 is 0 Å². The minimum absolute atomic E-state index is 0.0437. The third-order valence-corrected chi connectivity index (χ3v) is 6.09. The molecule has 1 amide bonds. The molecule has 7 nitrogen and oxygen atoms in total. The molecule has 0 spiro atoms. The summed E-state index contributed by atoms with van der Waals surface area (Å²) in [5.41, 5.74) is 3.69. The van der Waals surface area contributed by atoms with Gasteiger partial charge in [0.1, 0.15) is 11.4 Å². The lowest BCUT2D eigenvalue weighted by Crippen LogP contribution is -2.39. The Kier molecular flexibility index (Phi) is 6.33. The molecule has 7 heteroatoms. The largest absolute Gasteiger partial charge is 0.437 e. The zero-order valence-corrected chi connectivity index (χ0v) is 19.2. The normalized spacial score (nSPS) is 15.8. The molecule has 1 aliphatic rings. The van der Waals surface area contributed by atoms with Gasteiger partial charge < -0.3 is 14.2 Å². The molecule has 0 radical (unpaired) electrons. The SMILES string of the molecule is Cc1cccc(Oc2nccnc2[C@H]2CCCN(C(=O)c3cccc(Cn4ccnc4)c3)C2)c1. The predicted octanol–water partition coefficient (Wildman–Crippen LogP) is 4.84. The number of benzene rings is 2. The highest BCUT2D eigenvalue weighted by Gasteiger charge is 2.29. The quantitative estimate of drug-likeness (QED) is 0.418. The molecular formula is C27H27N5O2. The molecule has 1 aliphatic heterocycles. The average molecular weight is 454 g/mol. The van der Waals surface area contributed by atoms with E-state index in [4.69, 9.17) is 4.74 Å². The summed E-state index contributed by atoms with van der Waals surface area (Å²) in [5, 5.41) is 0. The van der Waals surface area contributed by atoms with Crippen LogP contribution in [0.2, 0.25) is 0 Å². The topological polar surface area (TPSA) is 73.1 Å². The fourth-order valence-electron chi connectivity index (χ4n) is 4.45. The first-order valence-corrected chi connectivity index (χ1v) is 11.5. The fraction of sp³-hybridized carbons (Fsp3) is 0.259. The van der Waals surface area contributed by atoms with Gasteiger partial charge in [-0.2, -0.15) is 0 Å². The van der Waals surface area contributed by atoms with Gasteiger partial charge in [-0.3, -0.25) is 9.78 Å². The van der Waals surface area contributed by atoms with Crippen LogP contribution in [-0.2, 0) is 6.54 Å². The van der Waals surface area contributed by atoms with E-state index in [1.54, 1.807) is 24.9 Å². The zero-order valence-electron chi connectivity index (χ0n) is 19.2.